The molecule has 0 aliphatic heterocycles. The van der Waals surface area contributed by atoms with Crippen LogP contribution in [0, 0.1) is 5.82 Å². The van der Waals surface area contributed by atoms with Crippen LogP contribution in [0.4, 0.5) is 22.0 Å². The summed E-state index contributed by atoms with van der Waals surface area (Å²) < 4.78 is 15.7. The molecule has 2 aromatic heterocycles. The molecule has 0 saturated heterocycles. The zero-order valence-electron chi connectivity index (χ0n) is 20.0. The Labute approximate surface area is 218 Å². The number of anilines is 3. The van der Waals surface area contributed by atoms with Crippen molar-refractivity contribution in [1.29, 1.82) is 0 Å². The van der Waals surface area contributed by atoms with Crippen LogP contribution in [0.5, 0.6) is 0 Å². The van der Waals surface area contributed by atoms with Gasteiger partial charge in [0.05, 0.1) is 28.0 Å². The Morgan fingerprint density at radius 1 is 1.28 bits per heavy atom. The summed E-state index contributed by atoms with van der Waals surface area (Å²) in [6.45, 7) is 2.05. The molecule has 1 saturated carbocycles. The molecular weight excluding hydrogens is 508 g/mol. The molecule has 0 unspecified atom stereocenters. The summed E-state index contributed by atoms with van der Waals surface area (Å²) >= 11 is 12.6. The number of carbonyl (C=O) groups is 1. The van der Waals surface area contributed by atoms with Crippen LogP contribution in [0.2, 0.25) is 10.0 Å². The SMILES string of the molecule is CCC[C@H](CCC(N)=O)n1c(Nc2c(Cl)cc(F)cc2Cl)nc2cnc(N[C@H]3CCC[C@H](O)C3)nc21. The van der Waals surface area contributed by atoms with Crippen molar-refractivity contribution in [2.75, 3.05) is 10.6 Å². The minimum absolute atomic E-state index is 0.0679. The van der Waals surface area contributed by atoms with E-state index in [4.69, 9.17) is 33.9 Å². The summed E-state index contributed by atoms with van der Waals surface area (Å²) in [5, 5.41) is 16.7. The van der Waals surface area contributed by atoms with Gasteiger partial charge in [-0.2, -0.15) is 4.98 Å². The van der Waals surface area contributed by atoms with Gasteiger partial charge in [-0.25, -0.2) is 14.4 Å². The van der Waals surface area contributed by atoms with Gasteiger partial charge in [-0.1, -0.05) is 36.5 Å². The topological polar surface area (TPSA) is 131 Å². The first-order valence-corrected chi connectivity index (χ1v) is 12.9. The fourth-order valence-corrected chi connectivity index (χ4v) is 5.25. The van der Waals surface area contributed by atoms with Crippen molar-refractivity contribution in [3.8, 4) is 0 Å². The van der Waals surface area contributed by atoms with E-state index < -0.39 is 11.7 Å². The second-order valence-electron chi connectivity index (χ2n) is 9.19. The van der Waals surface area contributed by atoms with E-state index in [0.717, 1.165) is 32.1 Å². The highest BCUT2D eigenvalue weighted by molar-refractivity contribution is 6.39. The van der Waals surface area contributed by atoms with E-state index in [1.165, 1.54) is 12.1 Å². The fourth-order valence-electron chi connectivity index (χ4n) is 4.69. The van der Waals surface area contributed by atoms with Gasteiger partial charge in [0.25, 0.3) is 0 Å². The van der Waals surface area contributed by atoms with Crippen LogP contribution in [0.25, 0.3) is 11.2 Å². The van der Waals surface area contributed by atoms with Crippen LogP contribution in [-0.4, -0.2) is 42.7 Å². The first-order chi connectivity index (χ1) is 17.2. The molecule has 194 valence electrons. The number of hydrogen-bond donors (Lipinski definition) is 4. The zero-order chi connectivity index (χ0) is 25.8. The number of aliphatic hydroxyl groups is 1. The number of amides is 1. The lowest BCUT2D eigenvalue weighted by atomic mass is 9.93. The number of aliphatic hydroxyl groups excluding tert-OH is 1. The summed E-state index contributed by atoms with van der Waals surface area (Å²) in [5.74, 6) is -0.128. The molecule has 9 nitrogen and oxygen atoms in total. The van der Waals surface area contributed by atoms with Crippen LogP contribution in [0.15, 0.2) is 18.3 Å². The Hall–Kier alpha value is -2.69. The van der Waals surface area contributed by atoms with Gasteiger partial charge < -0.3 is 21.5 Å². The monoisotopic (exact) mass is 537 g/mol. The Morgan fingerprint density at radius 3 is 2.69 bits per heavy atom. The number of nitrogens with zero attached hydrogens (tertiary/aromatic N) is 4. The van der Waals surface area contributed by atoms with E-state index in [-0.39, 0.29) is 34.7 Å². The summed E-state index contributed by atoms with van der Waals surface area (Å²) in [7, 11) is 0. The minimum Gasteiger partial charge on any atom is -0.393 e. The predicted molar refractivity (Wildman–Crippen MR) is 139 cm³/mol. The molecule has 36 heavy (non-hydrogen) atoms. The van der Waals surface area contributed by atoms with Crippen molar-refractivity contribution in [3.63, 3.8) is 0 Å². The molecule has 1 aliphatic carbocycles. The zero-order valence-corrected chi connectivity index (χ0v) is 21.5. The van der Waals surface area contributed by atoms with Crippen molar-refractivity contribution < 1.29 is 14.3 Å². The number of fused-ring (bicyclic) bond motifs is 1. The molecule has 1 amide bonds. The third-order valence-electron chi connectivity index (χ3n) is 6.37. The van der Waals surface area contributed by atoms with Crippen molar-refractivity contribution in [3.05, 3.63) is 34.2 Å². The number of hydrogen-bond acceptors (Lipinski definition) is 7. The number of nitrogens with one attached hydrogen (secondary N) is 2. The maximum absolute atomic E-state index is 13.8. The standard InChI is InChI=1S/C24H30Cl2FN7O2/c1-2-4-15(7-8-20(28)36)34-22-19(12-29-23(33-22)30-14-5-3-6-16(35)11-14)31-24(34)32-21-17(25)9-13(27)10-18(21)26/h9-10,12,14-16,35H,2-8,11H2,1H3,(H2,28,36)(H,31,32)(H,29,30,33)/t14-,15+,16-/m0/s1. The Morgan fingerprint density at radius 2 is 2.03 bits per heavy atom. The van der Waals surface area contributed by atoms with Crippen molar-refractivity contribution in [2.45, 2.75) is 76.5 Å². The van der Waals surface area contributed by atoms with E-state index in [1.54, 1.807) is 6.20 Å². The van der Waals surface area contributed by atoms with Gasteiger partial charge >= 0.3 is 0 Å². The van der Waals surface area contributed by atoms with E-state index >= 15 is 0 Å². The maximum Gasteiger partial charge on any atom is 0.224 e. The highest BCUT2D eigenvalue weighted by Gasteiger charge is 2.25. The molecule has 1 fully saturated rings. The highest BCUT2D eigenvalue weighted by Crippen LogP contribution is 2.37. The summed E-state index contributed by atoms with van der Waals surface area (Å²) in [5.41, 5.74) is 6.85. The number of halogens is 3. The smallest absolute Gasteiger partial charge is 0.224 e. The van der Waals surface area contributed by atoms with E-state index in [1.807, 2.05) is 11.5 Å². The summed E-state index contributed by atoms with van der Waals surface area (Å²) in [4.78, 5) is 25.5. The fraction of sp³-hybridized carbons (Fsp3) is 0.500. The molecule has 2 heterocycles. The van der Waals surface area contributed by atoms with Crippen LogP contribution < -0.4 is 16.4 Å². The third kappa shape index (κ3) is 6.16. The van der Waals surface area contributed by atoms with Gasteiger partial charge in [-0.3, -0.25) is 9.36 Å². The van der Waals surface area contributed by atoms with Crippen molar-refractivity contribution >= 4 is 57.9 Å². The van der Waals surface area contributed by atoms with Crippen LogP contribution in [0.3, 0.4) is 0 Å². The minimum atomic E-state index is -0.552. The Balaban J connectivity index is 1.77. The van der Waals surface area contributed by atoms with E-state index in [9.17, 15) is 14.3 Å². The van der Waals surface area contributed by atoms with Crippen molar-refractivity contribution in [2.24, 2.45) is 5.73 Å². The Kier molecular flexibility index (Phi) is 8.48. The molecule has 1 aromatic carbocycles. The molecule has 4 rings (SSSR count). The first-order valence-electron chi connectivity index (χ1n) is 12.1. The number of rotatable bonds is 10. The van der Waals surface area contributed by atoms with Crippen LogP contribution in [-0.2, 0) is 4.79 Å². The number of imidazole rings is 1. The number of carbonyl (C=O) groups excluding carboxylic acids is 1. The highest BCUT2D eigenvalue weighted by atomic mass is 35.5. The van der Waals surface area contributed by atoms with Gasteiger partial charge in [0.15, 0.2) is 5.65 Å². The first kappa shape index (κ1) is 26.4. The van der Waals surface area contributed by atoms with E-state index in [2.05, 4.69) is 20.6 Å². The second-order valence-corrected chi connectivity index (χ2v) is 10.0. The Bertz CT molecular complexity index is 1220. The molecule has 1 aliphatic rings. The van der Waals surface area contributed by atoms with Gasteiger partial charge in [0, 0.05) is 18.5 Å². The molecule has 3 aromatic rings. The van der Waals surface area contributed by atoms with Gasteiger partial charge in [-0.05, 0) is 50.7 Å². The van der Waals surface area contributed by atoms with Crippen LogP contribution in [0.1, 0.15) is 64.3 Å². The van der Waals surface area contributed by atoms with Gasteiger partial charge in [-0.15, -0.1) is 0 Å². The average Bonchev–Trinajstić information content (AvgIpc) is 3.16. The molecule has 3 atom stereocenters. The average molecular weight is 538 g/mol. The van der Waals surface area contributed by atoms with Gasteiger partial charge in [0.2, 0.25) is 17.8 Å². The normalized spacial score (nSPS) is 18.8. The predicted octanol–water partition coefficient (Wildman–Crippen LogP) is 5.34. The maximum atomic E-state index is 13.8. The number of nitrogens with two attached hydrogens (primary N) is 1. The van der Waals surface area contributed by atoms with Crippen LogP contribution >= 0.6 is 23.2 Å². The molecular formula is C24H30Cl2FN7O2. The lowest BCUT2D eigenvalue weighted by molar-refractivity contribution is -0.118. The lowest BCUT2D eigenvalue weighted by Crippen LogP contribution is -2.30. The van der Waals surface area contributed by atoms with E-state index in [0.29, 0.717) is 41.6 Å². The summed E-state index contributed by atoms with van der Waals surface area (Å²) in [6.07, 6.45) is 6.82. The third-order valence-corrected chi connectivity index (χ3v) is 6.96. The molecule has 0 bridgehead atoms. The summed E-state index contributed by atoms with van der Waals surface area (Å²) in [6, 6.07) is 2.24. The quantitative estimate of drug-likeness (QED) is 0.274. The van der Waals surface area contributed by atoms with Gasteiger partial charge in [0.1, 0.15) is 11.3 Å². The number of aromatic nitrogens is 4. The number of primary amides is 1. The van der Waals surface area contributed by atoms with Crippen molar-refractivity contribution in [1.82, 2.24) is 19.5 Å². The second kappa shape index (κ2) is 11.6. The molecule has 12 heteroatoms. The number of benzene rings is 1. The molecule has 0 radical (unpaired) electrons. The molecule has 5 N–H and O–H groups in total. The lowest BCUT2D eigenvalue weighted by Gasteiger charge is -2.26. The molecule has 0 spiro atoms. The largest absolute Gasteiger partial charge is 0.393 e.